The molecule has 0 bridgehead atoms. The van der Waals surface area contributed by atoms with Crippen LogP contribution in [0.15, 0.2) is 33.7 Å². The molecule has 3 aromatic rings. The molecule has 8 nitrogen and oxygen atoms in total. The van der Waals surface area contributed by atoms with Crippen molar-refractivity contribution >= 4 is 26.8 Å². The van der Waals surface area contributed by atoms with Crippen LogP contribution in [0, 0.1) is 13.8 Å². The zero-order valence-electron chi connectivity index (χ0n) is 18.0. The van der Waals surface area contributed by atoms with Crippen molar-refractivity contribution in [3.05, 3.63) is 47.0 Å². The van der Waals surface area contributed by atoms with Gasteiger partial charge in [-0.15, -0.1) is 0 Å². The number of aromatic nitrogens is 2. The summed E-state index contributed by atoms with van der Waals surface area (Å²) in [6, 6.07) is 6.69. The monoisotopic (exact) mass is 432 g/mol. The third-order valence-electron chi connectivity index (χ3n) is 5.43. The van der Waals surface area contributed by atoms with Crippen molar-refractivity contribution in [2.75, 3.05) is 19.6 Å². The Kier molecular flexibility index (Phi) is 6.33. The third-order valence-corrected chi connectivity index (χ3v) is 7.48. The smallest absolute Gasteiger partial charge is 0.267 e. The lowest BCUT2D eigenvalue weighted by molar-refractivity contribution is 0.0946. The van der Waals surface area contributed by atoms with Crippen LogP contribution in [-0.2, 0) is 23.5 Å². The fraction of sp³-hybridized carbons (Fsp3) is 0.429. The van der Waals surface area contributed by atoms with Crippen molar-refractivity contribution < 1.29 is 17.7 Å². The number of amides is 1. The van der Waals surface area contributed by atoms with E-state index in [1.165, 1.54) is 4.31 Å². The van der Waals surface area contributed by atoms with Gasteiger partial charge in [-0.1, -0.05) is 19.0 Å². The summed E-state index contributed by atoms with van der Waals surface area (Å²) in [6.07, 6.45) is 0.628. The van der Waals surface area contributed by atoms with E-state index in [1.54, 1.807) is 35.9 Å². The van der Waals surface area contributed by atoms with Gasteiger partial charge in [0.2, 0.25) is 10.0 Å². The molecule has 0 aliphatic carbocycles. The zero-order chi connectivity index (χ0) is 22.1. The highest BCUT2D eigenvalue weighted by Gasteiger charge is 2.23. The Morgan fingerprint density at radius 1 is 1.20 bits per heavy atom. The Labute approximate surface area is 176 Å². The van der Waals surface area contributed by atoms with Crippen molar-refractivity contribution in [3.8, 4) is 0 Å². The maximum absolute atomic E-state index is 12.8. The van der Waals surface area contributed by atoms with Crippen LogP contribution in [0.25, 0.3) is 10.9 Å². The number of carbonyl (C=O) groups excluding carboxylic acids is 1. The topological polar surface area (TPSA) is 97.4 Å². The number of aryl methyl sites for hydroxylation is 3. The van der Waals surface area contributed by atoms with Crippen LogP contribution >= 0.6 is 0 Å². The minimum Gasteiger partial charge on any atom is -0.361 e. The SMILES string of the molecule is CCN(CC)S(=O)(=O)c1ccc2c(c1)cc(C(=O)NCCc1c(C)noc1C)n2C. The third kappa shape index (κ3) is 3.99. The Morgan fingerprint density at radius 2 is 1.90 bits per heavy atom. The van der Waals surface area contributed by atoms with E-state index in [2.05, 4.69) is 10.5 Å². The molecule has 0 spiro atoms. The summed E-state index contributed by atoms with van der Waals surface area (Å²) < 4.78 is 33.9. The van der Waals surface area contributed by atoms with Gasteiger partial charge in [0.15, 0.2) is 0 Å². The van der Waals surface area contributed by atoms with Gasteiger partial charge in [-0.05, 0) is 44.5 Å². The molecule has 2 aromatic heterocycles. The van der Waals surface area contributed by atoms with Gasteiger partial charge in [0.1, 0.15) is 11.5 Å². The number of benzene rings is 1. The predicted molar refractivity (Wildman–Crippen MR) is 115 cm³/mol. The minimum atomic E-state index is -3.56. The van der Waals surface area contributed by atoms with E-state index in [0.29, 0.717) is 37.1 Å². The number of sulfonamides is 1. The first-order chi connectivity index (χ1) is 14.2. The van der Waals surface area contributed by atoms with E-state index in [9.17, 15) is 13.2 Å². The number of hydrogen-bond acceptors (Lipinski definition) is 5. The molecule has 0 saturated heterocycles. The van der Waals surface area contributed by atoms with E-state index in [1.807, 2.05) is 27.7 Å². The first kappa shape index (κ1) is 22.0. The standard InChI is InChI=1S/C21H28N4O4S/c1-6-25(7-2)30(27,28)17-8-9-19-16(12-17)13-20(24(19)5)21(26)22-11-10-18-14(3)23-29-15(18)4/h8-9,12-13H,6-7,10-11H2,1-5H3,(H,22,26). The highest BCUT2D eigenvalue weighted by atomic mass is 32.2. The van der Waals surface area contributed by atoms with Crippen LogP contribution in [0.3, 0.4) is 0 Å². The second-order valence-electron chi connectivity index (χ2n) is 7.21. The zero-order valence-corrected chi connectivity index (χ0v) is 18.8. The molecule has 162 valence electrons. The summed E-state index contributed by atoms with van der Waals surface area (Å²) in [7, 11) is -1.76. The number of fused-ring (bicyclic) bond motifs is 1. The maximum atomic E-state index is 12.8. The predicted octanol–water partition coefficient (Wildman–Crippen LogP) is 2.79. The Balaban J connectivity index is 1.81. The first-order valence-corrected chi connectivity index (χ1v) is 11.4. The van der Waals surface area contributed by atoms with Gasteiger partial charge < -0.3 is 14.4 Å². The Bertz CT molecular complexity index is 1150. The highest BCUT2D eigenvalue weighted by Crippen LogP contribution is 2.24. The normalized spacial score (nSPS) is 12.1. The molecular weight excluding hydrogens is 404 g/mol. The maximum Gasteiger partial charge on any atom is 0.267 e. The number of hydrogen-bond donors (Lipinski definition) is 1. The first-order valence-electron chi connectivity index (χ1n) is 10.00. The fourth-order valence-electron chi connectivity index (χ4n) is 3.67. The number of nitrogens with zero attached hydrogens (tertiary/aromatic N) is 3. The van der Waals surface area contributed by atoms with Crippen molar-refractivity contribution in [2.24, 2.45) is 7.05 Å². The quantitative estimate of drug-likeness (QED) is 0.590. The van der Waals surface area contributed by atoms with Gasteiger partial charge in [0.25, 0.3) is 5.91 Å². The second kappa shape index (κ2) is 8.61. The molecule has 1 amide bonds. The molecule has 1 aromatic carbocycles. The van der Waals surface area contributed by atoms with Crippen molar-refractivity contribution in [2.45, 2.75) is 39.0 Å². The molecule has 2 heterocycles. The molecule has 0 unspecified atom stereocenters. The van der Waals surface area contributed by atoms with Gasteiger partial charge in [-0.25, -0.2) is 8.42 Å². The summed E-state index contributed by atoms with van der Waals surface area (Å²) in [6.45, 7) is 8.62. The summed E-state index contributed by atoms with van der Waals surface area (Å²) >= 11 is 0. The lowest BCUT2D eigenvalue weighted by Crippen LogP contribution is -2.30. The lowest BCUT2D eigenvalue weighted by Gasteiger charge is -2.18. The number of nitrogens with one attached hydrogen (secondary N) is 1. The molecule has 0 aliphatic rings. The fourth-order valence-corrected chi connectivity index (χ4v) is 5.16. The second-order valence-corrected chi connectivity index (χ2v) is 9.15. The molecule has 0 aliphatic heterocycles. The Hall–Kier alpha value is -2.65. The van der Waals surface area contributed by atoms with Crippen molar-refractivity contribution in [1.29, 1.82) is 0 Å². The van der Waals surface area contributed by atoms with Crippen LogP contribution in [0.4, 0.5) is 0 Å². The van der Waals surface area contributed by atoms with Gasteiger partial charge in [-0.2, -0.15) is 4.31 Å². The van der Waals surface area contributed by atoms with Crippen molar-refractivity contribution in [3.63, 3.8) is 0 Å². The number of carbonyl (C=O) groups is 1. The van der Waals surface area contributed by atoms with Gasteiger partial charge >= 0.3 is 0 Å². The lowest BCUT2D eigenvalue weighted by atomic mass is 10.1. The molecule has 3 rings (SSSR count). The largest absolute Gasteiger partial charge is 0.361 e. The Morgan fingerprint density at radius 3 is 2.50 bits per heavy atom. The summed E-state index contributed by atoms with van der Waals surface area (Å²) in [5.74, 6) is 0.543. The van der Waals surface area contributed by atoms with Crippen molar-refractivity contribution in [1.82, 2.24) is 19.3 Å². The molecule has 0 fully saturated rings. The summed E-state index contributed by atoms with van der Waals surface area (Å²) in [4.78, 5) is 12.9. The van der Waals surface area contributed by atoms with E-state index >= 15 is 0 Å². The molecule has 0 saturated carbocycles. The average molecular weight is 433 g/mol. The minimum absolute atomic E-state index is 0.214. The molecule has 0 radical (unpaired) electrons. The van der Waals surface area contributed by atoms with Crippen LogP contribution in [-0.4, -0.2) is 48.0 Å². The summed E-state index contributed by atoms with van der Waals surface area (Å²) in [5.41, 5.74) is 3.09. The van der Waals surface area contributed by atoms with E-state index < -0.39 is 10.0 Å². The molecular formula is C21H28N4O4S. The molecule has 0 atom stereocenters. The number of rotatable bonds is 8. The van der Waals surface area contributed by atoms with Gasteiger partial charge in [0.05, 0.1) is 10.6 Å². The van der Waals surface area contributed by atoms with E-state index in [-0.39, 0.29) is 10.8 Å². The average Bonchev–Trinajstić information content (AvgIpc) is 3.22. The summed E-state index contributed by atoms with van der Waals surface area (Å²) in [5, 5.41) is 7.55. The van der Waals surface area contributed by atoms with Crippen LogP contribution < -0.4 is 5.32 Å². The highest BCUT2D eigenvalue weighted by molar-refractivity contribution is 7.89. The van der Waals surface area contributed by atoms with Crippen LogP contribution in [0.5, 0.6) is 0 Å². The molecule has 30 heavy (non-hydrogen) atoms. The van der Waals surface area contributed by atoms with Gasteiger partial charge in [0, 0.05) is 43.1 Å². The van der Waals surface area contributed by atoms with Crippen LogP contribution in [0.1, 0.15) is 41.4 Å². The van der Waals surface area contributed by atoms with Crippen LogP contribution in [0.2, 0.25) is 0 Å². The molecule has 1 N–H and O–H groups in total. The van der Waals surface area contributed by atoms with Gasteiger partial charge in [-0.3, -0.25) is 4.79 Å². The van der Waals surface area contributed by atoms with E-state index in [0.717, 1.165) is 22.5 Å². The van der Waals surface area contributed by atoms with E-state index in [4.69, 9.17) is 4.52 Å². The molecule has 9 heteroatoms.